The van der Waals surface area contributed by atoms with Crippen molar-refractivity contribution in [2.24, 2.45) is 5.92 Å². The van der Waals surface area contributed by atoms with Crippen molar-refractivity contribution in [2.75, 3.05) is 11.1 Å². The lowest BCUT2D eigenvalue weighted by molar-refractivity contribution is 0.547. The summed E-state index contributed by atoms with van der Waals surface area (Å²) in [6.07, 6.45) is 1.24. The predicted octanol–water partition coefficient (Wildman–Crippen LogP) is 5.32. The van der Waals surface area contributed by atoms with E-state index in [2.05, 4.69) is 61.0 Å². The molecule has 0 aliphatic rings. The van der Waals surface area contributed by atoms with Crippen molar-refractivity contribution in [3.8, 4) is 0 Å². The van der Waals surface area contributed by atoms with Crippen LogP contribution in [-0.4, -0.2) is 11.1 Å². The van der Waals surface area contributed by atoms with Crippen LogP contribution in [0, 0.1) is 5.92 Å². The van der Waals surface area contributed by atoms with E-state index in [1.807, 2.05) is 11.8 Å². The Morgan fingerprint density at radius 2 is 1.81 bits per heavy atom. The van der Waals surface area contributed by atoms with Gasteiger partial charge in [-0.1, -0.05) is 48.8 Å². The highest BCUT2D eigenvalue weighted by Crippen LogP contribution is 2.27. The molecule has 0 aliphatic heterocycles. The summed E-state index contributed by atoms with van der Waals surface area (Å²) in [4.78, 5) is 1.39. The molecule has 2 heteroatoms. The Kier molecular flexibility index (Phi) is 6.52. The molecule has 0 N–H and O–H groups in total. The number of benzene rings is 1. The minimum atomic E-state index is 0.629. The van der Waals surface area contributed by atoms with E-state index in [0.717, 1.165) is 5.33 Å². The molecule has 0 nitrogen and oxygen atoms in total. The molecule has 0 saturated heterocycles. The van der Waals surface area contributed by atoms with Crippen LogP contribution >= 0.6 is 27.7 Å². The zero-order valence-electron chi connectivity index (χ0n) is 10.4. The van der Waals surface area contributed by atoms with Crippen LogP contribution in [0.3, 0.4) is 0 Å². The summed E-state index contributed by atoms with van der Waals surface area (Å²) in [6.45, 7) is 6.82. The van der Waals surface area contributed by atoms with E-state index in [9.17, 15) is 0 Å². The van der Waals surface area contributed by atoms with E-state index in [4.69, 9.17) is 0 Å². The standard InChI is InChI=1S/C14H21BrS/c1-4-9-16-14-7-5-13(6-8-14)12(3)11(2)10-15/h5-8,11-12H,4,9-10H2,1-3H3. The fraction of sp³-hybridized carbons (Fsp3) is 0.571. The summed E-state index contributed by atoms with van der Waals surface area (Å²) in [7, 11) is 0. The molecule has 1 aromatic carbocycles. The normalized spacial score (nSPS) is 14.8. The second-order valence-electron chi connectivity index (χ2n) is 4.34. The second-order valence-corrected chi connectivity index (χ2v) is 6.15. The van der Waals surface area contributed by atoms with E-state index >= 15 is 0 Å². The van der Waals surface area contributed by atoms with Crippen molar-refractivity contribution in [3.05, 3.63) is 29.8 Å². The van der Waals surface area contributed by atoms with Gasteiger partial charge in [-0.2, -0.15) is 0 Å². The van der Waals surface area contributed by atoms with Crippen LogP contribution < -0.4 is 0 Å². The molecule has 0 heterocycles. The molecule has 0 fully saturated rings. The van der Waals surface area contributed by atoms with Gasteiger partial charge in [0, 0.05) is 10.2 Å². The van der Waals surface area contributed by atoms with E-state index < -0.39 is 0 Å². The molecular formula is C14H21BrS. The van der Waals surface area contributed by atoms with Crippen LogP contribution in [0.4, 0.5) is 0 Å². The highest BCUT2D eigenvalue weighted by Gasteiger charge is 2.12. The molecule has 1 rings (SSSR count). The van der Waals surface area contributed by atoms with Gasteiger partial charge in [0.25, 0.3) is 0 Å². The monoisotopic (exact) mass is 300 g/mol. The van der Waals surface area contributed by atoms with Gasteiger partial charge in [0.05, 0.1) is 0 Å². The molecule has 0 saturated carbocycles. The Labute approximate surface area is 112 Å². The minimum Gasteiger partial charge on any atom is -0.126 e. The highest BCUT2D eigenvalue weighted by atomic mass is 79.9. The van der Waals surface area contributed by atoms with Crippen LogP contribution in [0.25, 0.3) is 0 Å². The Bertz CT molecular complexity index is 294. The first kappa shape index (κ1) is 14.1. The van der Waals surface area contributed by atoms with Crippen molar-refractivity contribution in [3.63, 3.8) is 0 Å². The average molecular weight is 301 g/mol. The maximum Gasteiger partial charge on any atom is 0.00721 e. The summed E-state index contributed by atoms with van der Waals surface area (Å²) in [5.74, 6) is 2.53. The molecule has 1 aromatic rings. The van der Waals surface area contributed by atoms with E-state index in [1.165, 1.54) is 22.6 Å². The molecule has 0 aliphatic carbocycles. The molecule has 0 radical (unpaired) electrons. The molecule has 0 bridgehead atoms. The van der Waals surface area contributed by atoms with E-state index in [1.54, 1.807) is 0 Å². The highest BCUT2D eigenvalue weighted by molar-refractivity contribution is 9.09. The summed E-state index contributed by atoms with van der Waals surface area (Å²) in [6, 6.07) is 9.07. The molecule has 2 atom stereocenters. The van der Waals surface area contributed by atoms with Crippen LogP contribution in [0.15, 0.2) is 29.2 Å². The van der Waals surface area contributed by atoms with Gasteiger partial charge < -0.3 is 0 Å². The van der Waals surface area contributed by atoms with E-state index in [0.29, 0.717) is 11.8 Å². The van der Waals surface area contributed by atoms with Gasteiger partial charge in [0.15, 0.2) is 0 Å². The van der Waals surface area contributed by atoms with Crippen LogP contribution in [-0.2, 0) is 0 Å². The lowest BCUT2D eigenvalue weighted by Crippen LogP contribution is -2.07. The van der Waals surface area contributed by atoms with Crippen LogP contribution in [0.5, 0.6) is 0 Å². The first-order valence-electron chi connectivity index (χ1n) is 5.97. The number of rotatable bonds is 6. The van der Waals surface area contributed by atoms with Gasteiger partial charge in [-0.05, 0) is 41.7 Å². The van der Waals surface area contributed by atoms with Crippen molar-refractivity contribution in [2.45, 2.75) is 38.0 Å². The molecule has 16 heavy (non-hydrogen) atoms. The Balaban J connectivity index is 2.63. The molecule has 0 amide bonds. The molecule has 2 unspecified atom stereocenters. The fourth-order valence-corrected chi connectivity index (χ4v) is 2.88. The maximum atomic E-state index is 3.56. The van der Waals surface area contributed by atoms with Crippen LogP contribution in [0.1, 0.15) is 38.7 Å². The van der Waals surface area contributed by atoms with Gasteiger partial charge in [-0.15, -0.1) is 11.8 Å². The van der Waals surface area contributed by atoms with Gasteiger partial charge in [-0.25, -0.2) is 0 Å². The van der Waals surface area contributed by atoms with Gasteiger partial charge in [0.2, 0.25) is 0 Å². The quantitative estimate of drug-likeness (QED) is 0.506. The third kappa shape index (κ3) is 4.14. The van der Waals surface area contributed by atoms with Gasteiger partial charge in [-0.3, -0.25) is 0 Å². The number of thioether (sulfide) groups is 1. The lowest BCUT2D eigenvalue weighted by atomic mass is 9.90. The largest absolute Gasteiger partial charge is 0.126 e. The molecular weight excluding hydrogens is 280 g/mol. The zero-order valence-corrected chi connectivity index (χ0v) is 12.8. The van der Waals surface area contributed by atoms with Gasteiger partial charge in [0.1, 0.15) is 0 Å². The smallest absolute Gasteiger partial charge is 0.00721 e. The van der Waals surface area contributed by atoms with Crippen molar-refractivity contribution < 1.29 is 0 Å². The predicted molar refractivity (Wildman–Crippen MR) is 78.8 cm³/mol. The second kappa shape index (κ2) is 7.39. The Morgan fingerprint density at radius 1 is 1.19 bits per heavy atom. The zero-order chi connectivity index (χ0) is 12.0. The number of hydrogen-bond acceptors (Lipinski definition) is 1. The first-order valence-corrected chi connectivity index (χ1v) is 8.08. The molecule has 0 aromatic heterocycles. The first-order chi connectivity index (χ1) is 7.69. The van der Waals surface area contributed by atoms with Crippen molar-refractivity contribution in [1.29, 1.82) is 0 Å². The van der Waals surface area contributed by atoms with Crippen molar-refractivity contribution >= 4 is 27.7 Å². The number of alkyl halides is 1. The Morgan fingerprint density at radius 3 is 2.31 bits per heavy atom. The van der Waals surface area contributed by atoms with Crippen LogP contribution in [0.2, 0.25) is 0 Å². The van der Waals surface area contributed by atoms with Crippen molar-refractivity contribution in [1.82, 2.24) is 0 Å². The topological polar surface area (TPSA) is 0 Å². The average Bonchev–Trinajstić information content (AvgIpc) is 2.35. The summed E-state index contributed by atoms with van der Waals surface area (Å²) >= 11 is 5.50. The summed E-state index contributed by atoms with van der Waals surface area (Å²) < 4.78 is 0. The van der Waals surface area contributed by atoms with E-state index in [-0.39, 0.29) is 0 Å². The molecule has 90 valence electrons. The number of halogens is 1. The minimum absolute atomic E-state index is 0.629. The summed E-state index contributed by atoms with van der Waals surface area (Å²) in [5.41, 5.74) is 1.45. The summed E-state index contributed by atoms with van der Waals surface area (Å²) in [5, 5.41) is 1.07. The lowest BCUT2D eigenvalue weighted by Gasteiger charge is -2.18. The fourth-order valence-electron chi connectivity index (χ4n) is 1.55. The third-order valence-corrected chi connectivity index (χ3v) is 5.21. The number of hydrogen-bond donors (Lipinski definition) is 0. The Hall–Kier alpha value is 0.0500. The third-order valence-electron chi connectivity index (χ3n) is 2.98. The molecule has 0 spiro atoms. The maximum absolute atomic E-state index is 3.56. The SMILES string of the molecule is CCCSc1ccc(C(C)C(C)CBr)cc1. The van der Waals surface area contributed by atoms with Gasteiger partial charge >= 0.3 is 0 Å².